The van der Waals surface area contributed by atoms with E-state index >= 15 is 0 Å². The quantitative estimate of drug-likeness (QED) is 0.316. The summed E-state index contributed by atoms with van der Waals surface area (Å²) in [5, 5.41) is 2.64. The molecule has 1 N–H and O–H groups in total. The molecule has 24 heavy (non-hydrogen) atoms. The molecule has 122 valence electrons. The average molecular weight is 579 g/mol. The van der Waals surface area contributed by atoms with Crippen LogP contribution in [0.25, 0.3) is 6.08 Å². The predicted molar refractivity (Wildman–Crippen MR) is 119 cm³/mol. The number of carbonyl (C=O) groups excluding carboxylic acids is 1. The minimum absolute atomic E-state index is 0.159. The van der Waals surface area contributed by atoms with Crippen LogP contribution in [0.3, 0.4) is 0 Å². The highest BCUT2D eigenvalue weighted by Crippen LogP contribution is 2.34. The van der Waals surface area contributed by atoms with Gasteiger partial charge in [0.2, 0.25) is 0 Å². The smallest absolute Gasteiger partial charge is 0.263 e. The van der Waals surface area contributed by atoms with Crippen LogP contribution in [0.2, 0.25) is 0 Å². The molecule has 2 aromatic carbocycles. The van der Waals surface area contributed by atoms with Crippen LogP contribution in [-0.4, -0.2) is 10.2 Å². The number of thiocarbonyl (C=S) groups is 1. The molecule has 3 rings (SSSR count). The summed E-state index contributed by atoms with van der Waals surface area (Å²) in [7, 11) is 0. The second-order valence-electron chi connectivity index (χ2n) is 4.93. The van der Waals surface area contributed by atoms with Crippen molar-refractivity contribution in [3.63, 3.8) is 0 Å². The third-order valence-corrected chi connectivity index (χ3v) is 5.78. The third-order valence-electron chi connectivity index (χ3n) is 3.19. The van der Waals surface area contributed by atoms with Crippen molar-refractivity contribution in [2.45, 2.75) is 6.61 Å². The molecule has 3 nitrogen and oxygen atoms in total. The topological polar surface area (TPSA) is 38.3 Å². The van der Waals surface area contributed by atoms with Gasteiger partial charge in [-0.05, 0) is 69.0 Å². The summed E-state index contributed by atoms with van der Waals surface area (Å²) in [6, 6.07) is 14.1. The maximum atomic E-state index is 11.9. The number of hydrogen-bond acceptors (Lipinski definition) is 4. The number of rotatable bonds is 4. The van der Waals surface area contributed by atoms with Gasteiger partial charge >= 0.3 is 0 Å². The van der Waals surface area contributed by atoms with E-state index < -0.39 is 0 Å². The zero-order chi connectivity index (χ0) is 17.1. The Kier molecular flexibility index (Phi) is 6.17. The maximum absolute atomic E-state index is 11.9. The molecule has 1 heterocycles. The Morgan fingerprint density at radius 1 is 1.21 bits per heavy atom. The highest BCUT2D eigenvalue weighted by molar-refractivity contribution is 14.1. The highest BCUT2D eigenvalue weighted by Gasteiger charge is 2.23. The van der Waals surface area contributed by atoms with Gasteiger partial charge < -0.3 is 10.1 Å². The first-order valence-corrected chi connectivity index (χ1v) is 10.3. The van der Waals surface area contributed by atoms with E-state index in [1.807, 2.05) is 42.5 Å². The number of hydrogen-bond donors (Lipinski definition) is 1. The number of benzene rings is 2. The molecule has 0 saturated carbocycles. The summed E-state index contributed by atoms with van der Waals surface area (Å²) in [5.41, 5.74) is 1.98. The second-order valence-corrected chi connectivity index (χ2v) is 9.06. The van der Waals surface area contributed by atoms with Gasteiger partial charge in [0.25, 0.3) is 5.91 Å². The Labute approximate surface area is 176 Å². The molecule has 1 aliphatic rings. The van der Waals surface area contributed by atoms with Gasteiger partial charge in [-0.2, -0.15) is 0 Å². The van der Waals surface area contributed by atoms with Gasteiger partial charge in [-0.15, -0.1) is 0 Å². The molecule has 0 unspecified atom stereocenters. The van der Waals surface area contributed by atoms with E-state index in [4.69, 9.17) is 17.0 Å². The van der Waals surface area contributed by atoms with E-state index in [1.54, 1.807) is 0 Å². The molecule has 0 aromatic heterocycles. The first-order valence-electron chi connectivity index (χ1n) is 6.93. The van der Waals surface area contributed by atoms with Gasteiger partial charge in [0.05, 0.1) is 8.48 Å². The fraction of sp³-hybridized carbons (Fsp3) is 0.0588. The largest absolute Gasteiger partial charge is 0.487 e. The average Bonchev–Trinajstić information content (AvgIpc) is 2.85. The van der Waals surface area contributed by atoms with E-state index in [1.165, 1.54) is 11.8 Å². The number of ether oxygens (including phenoxy) is 1. The number of halogens is 2. The zero-order valence-electron chi connectivity index (χ0n) is 12.2. The van der Waals surface area contributed by atoms with Crippen molar-refractivity contribution in [1.29, 1.82) is 0 Å². The fourth-order valence-electron chi connectivity index (χ4n) is 2.13. The van der Waals surface area contributed by atoms with Crippen LogP contribution in [0.15, 0.2) is 47.4 Å². The number of nitrogens with one attached hydrogen (secondary N) is 1. The standard InChI is InChI=1S/C17H11I2NO2S2/c18-12-6-11(7-14-16(21)20-17(23)24-14)15(13(19)8-12)22-9-10-4-2-1-3-5-10/h1-8H,9H2,(H,20,21,23)/b14-7-. The Bertz CT molecular complexity index is 838. The molecular formula is C17H11I2NO2S2. The molecule has 7 heteroatoms. The van der Waals surface area contributed by atoms with Crippen molar-refractivity contribution < 1.29 is 9.53 Å². The molecular weight excluding hydrogens is 568 g/mol. The Balaban J connectivity index is 1.92. The van der Waals surface area contributed by atoms with E-state index in [9.17, 15) is 4.79 Å². The molecule has 1 amide bonds. The predicted octanol–water partition coefficient (Wildman–Crippen LogP) is 4.96. The van der Waals surface area contributed by atoms with Crippen molar-refractivity contribution >= 4 is 85.5 Å². The van der Waals surface area contributed by atoms with E-state index in [2.05, 4.69) is 56.6 Å². The minimum atomic E-state index is -0.159. The Hall–Kier alpha value is -0.650. The zero-order valence-corrected chi connectivity index (χ0v) is 18.2. The van der Waals surface area contributed by atoms with Crippen LogP contribution in [0.5, 0.6) is 5.75 Å². The number of thioether (sulfide) groups is 1. The summed E-state index contributed by atoms with van der Waals surface area (Å²) in [5.74, 6) is 0.617. The van der Waals surface area contributed by atoms with E-state index in [0.29, 0.717) is 15.8 Å². The molecule has 0 aliphatic carbocycles. The molecule has 0 spiro atoms. The summed E-state index contributed by atoms with van der Waals surface area (Å²) in [6.45, 7) is 0.478. The van der Waals surface area contributed by atoms with Gasteiger partial charge in [-0.1, -0.05) is 54.3 Å². The molecule has 2 aromatic rings. The van der Waals surface area contributed by atoms with Crippen LogP contribution >= 0.6 is 69.2 Å². The van der Waals surface area contributed by atoms with Crippen molar-refractivity contribution in [3.05, 3.63) is 65.6 Å². The first kappa shape index (κ1) is 18.2. The lowest BCUT2D eigenvalue weighted by Crippen LogP contribution is -2.17. The monoisotopic (exact) mass is 579 g/mol. The molecule has 1 aliphatic heterocycles. The lowest BCUT2D eigenvalue weighted by atomic mass is 10.2. The lowest BCUT2D eigenvalue weighted by Gasteiger charge is -2.13. The van der Waals surface area contributed by atoms with Crippen molar-refractivity contribution in [2.75, 3.05) is 0 Å². The van der Waals surface area contributed by atoms with Gasteiger partial charge in [-0.3, -0.25) is 4.79 Å². The van der Waals surface area contributed by atoms with E-state index in [-0.39, 0.29) is 5.91 Å². The van der Waals surface area contributed by atoms with Crippen LogP contribution in [-0.2, 0) is 11.4 Å². The van der Waals surface area contributed by atoms with Crippen LogP contribution < -0.4 is 10.1 Å². The van der Waals surface area contributed by atoms with Gasteiger partial charge in [0, 0.05) is 9.13 Å². The minimum Gasteiger partial charge on any atom is -0.487 e. The van der Waals surface area contributed by atoms with Crippen LogP contribution in [0, 0.1) is 7.14 Å². The summed E-state index contributed by atoms with van der Waals surface area (Å²) in [6.07, 6.45) is 1.84. The molecule has 0 atom stereocenters. The summed E-state index contributed by atoms with van der Waals surface area (Å²) in [4.78, 5) is 12.5. The van der Waals surface area contributed by atoms with E-state index in [0.717, 1.165) is 24.0 Å². The SMILES string of the molecule is O=C1NC(=S)S/C1=C\c1cc(I)cc(I)c1OCc1ccccc1. The summed E-state index contributed by atoms with van der Waals surface area (Å²) >= 11 is 10.8. The second kappa shape index (κ2) is 8.15. The Morgan fingerprint density at radius 2 is 1.96 bits per heavy atom. The maximum Gasteiger partial charge on any atom is 0.263 e. The van der Waals surface area contributed by atoms with Crippen LogP contribution in [0.1, 0.15) is 11.1 Å². The molecule has 0 radical (unpaired) electrons. The lowest BCUT2D eigenvalue weighted by molar-refractivity contribution is -0.115. The molecule has 0 bridgehead atoms. The van der Waals surface area contributed by atoms with Gasteiger partial charge in [0.1, 0.15) is 16.7 Å². The Morgan fingerprint density at radius 3 is 2.62 bits per heavy atom. The molecule has 1 saturated heterocycles. The normalized spacial score (nSPS) is 15.7. The summed E-state index contributed by atoms with van der Waals surface area (Å²) < 4.78 is 8.63. The van der Waals surface area contributed by atoms with Gasteiger partial charge in [-0.25, -0.2) is 0 Å². The fourth-order valence-corrected chi connectivity index (χ4v) is 5.21. The van der Waals surface area contributed by atoms with Crippen molar-refractivity contribution in [2.24, 2.45) is 0 Å². The first-order chi connectivity index (χ1) is 11.5. The number of amides is 1. The van der Waals surface area contributed by atoms with Crippen molar-refractivity contribution in [1.82, 2.24) is 5.32 Å². The molecule has 1 fully saturated rings. The third kappa shape index (κ3) is 4.50. The van der Waals surface area contributed by atoms with Gasteiger partial charge in [0.15, 0.2) is 0 Å². The highest BCUT2D eigenvalue weighted by atomic mass is 127. The van der Waals surface area contributed by atoms with Crippen molar-refractivity contribution in [3.8, 4) is 5.75 Å². The van der Waals surface area contributed by atoms with Crippen LogP contribution in [0.4, 0.5) is 0 Å². The number of carbonyl (C=O) groups is 1.